The van der Waals surface area contributed by atoms with Crippen molar-refractivity contribution < 1.29 is 14.3 Å². The molecular weight excluding hydrogens is 354 g/mol. The van der Waals surface area contributed by atoms with Gasteiger partial charge in [-0.05, 0) is 43.3 Å². The van der Waals surface area contributed by atoms with E-state index in [0.717, 1.165) is 11.4 Å². The van der Waals surface area contributed by atoms with Gasteiger partial charge in [-0.1, -0.05) is 11.6 Å². The topological polar surface area (TPSA) is 65.4 Å². The van der Waals surface area contributed by atoms with E-state index >= 15 is 0 Å². The van der Waals surface area contributed by atoms with Gasteiger partial charge in [-0.2, -0.15) is 0 Å². The number of aryl methyl sites for hydroxylation is 1. The Kier molecular flexibility index (Phi) is 5.14. The average molecular weight is 372 g/mol. The second-order valence-corrected chi connectivity index (χ2v) is 6.05. The lowest BCUT2D eigenvalue weighted by Gasteiger charge is -2.08. The molecule has 0 saturated carbocycles. The maximum absolute atomic E-state index is 12.6. The molecule has 0 aliphatic rings. The number of hydrogen-bond donors (Lipinski definition) is 1. The molecule has 0 unspecified atom stereocenters. The number of amides is 1. The summed E-state index contributed by atoms with van der Waals surface area (Å²) in [5, 5.41) is 7.89. The van der Waals surface area contributed by atoms with Crippen LogP contribution in [0.3, 0.4) is 0 Å². The first-order chi connectivity index (χ1) is 12.5. The van der Waals surface area contributed by atoms with Crippen LogP contribution in [0.25, 0.3) is 5.69 Å². The van der Waals surface area contributed by atoms with Gasteiger partial charge in [0.25, 0.3) is 5.91 Å². The van der Waals surface area contributed by atoms with Crippen molar-refractivity contribution >= 4 is 23.3 Å². The number of nitrogens with one attached hydrogen (secondary N) is 1. The Balaban J connectivity index is 1.84. The molecule has 0 saturated heterocycles. The van der Waals surface area contributed by atoms with Gasteiger partial charge < -0.3 is 14.8 Å². The van der Waals surface area contributed by atoms with Crippen molar-refractivity contribution in [3.05, 3.63) is 64.8 Å². The van der Waals surface area contributed by atoms with Crippen LogP contribution < -0.4 is 14.8 Å². The molecule has 0 radical (unpaired) electrons. The van der Waals surface area contributed by atoms with Crippen molar-refractivity contribution in [3.63, 3.8) is 0 Å². The predicted octanol–water partition coefficient (Wildman–Crippen LogP) is 4.10. The zero-order chi connectivity index (χ0) is 18.7. The Morgan fingerprint density at radius 1 is 1.04 bits per heavy atom. The number of halogens is 1. The van der Waals surface area contributed by atoms with E-state index in [-0.39, 0.29) is 5.91 Å². The Morgan fingerprint density at radius 3 is 2.23 bits per heavy atom. The molecule has 3 aromatic rings. The number of carbonyl (C=O) groups excluding carboxylic acids is 1. The monoisotopic (exact) mass is 371 g/mol. The largest absolute Gasteiger partial charge is 0.497 e. The van der Waals surface area contributed by atoms with E-state index < -0.39 is 0 Å². The zero-order valence-electron chi connectivity index (χ0n) is 14.6. The molecule has 1 aromatic heterocycles. The predicted molar refractivity (Wildman–Crippen MR) is 101 cm³/mol. The first-order valence-corrected chi connectivity index (χ1v) is 8.25. The molecule has 1 amide bonds. The molecule has 0 bridgehead atoms. The smallest absolute Gasteiger partial charge is 0.257 e. The van der Waals surface area contributed by atoms with Crippen LogP contribution in [-0.4, -0.2) is 29.9 Å². The summed E-state index contributed by atoms with van der Waals surface area (Å²) in [5.74, 6) is 1.22. The Hall–Kier alpha value is -2.99. The summed E-state index contributed by atoms with van der Waals surface area (Å²) in [4.78, 5) is 12.6. The van der Waals surface area contributed by atoms with Gasteiger partial charge in [0.05, 0.1) is 19.9 Å². The van der Waals surface area contributed by atoms with Gasteiger partial charge in [0.1, 0.15) is 11.5 Å². The first-order valence-electron chi connectivity index (χ1n) is 7.87. The van der Waals surface area contributed by atoms with Gasteiger partial charge in [-0.15, -0.1) is 5.10 Å². The number of ether oxygens (including phenoxy) is 2. The minimum absolute atomic E-state index is 0.303. The quantitative estimate of drug-likeness (QED) is 0.733. The van der Waals surface area contributed by atoms with Gasteiger partial charge in [-0.25, -0.2) is 4.68 Å². The van der Waals surface area contributed by atoms with Gasteiger partial charge in [0.2, 0.25) is 0 Å². The molecular formula is C19H18ClN3O3. The molecule has 1 heterocycles. The molecule has 0 aliphatic carbocycles. The number of rotatable bonds is 5. The third-order valence-corrected chi connectivity index (χ3v) is 4.07. The van der Waals surface area contributed by atoms with Crippen LogP contribution in [0.4, 0.5) is 5.82 Å². The Morgan fingerprint density at radius 2 is 1.65 bits per heavy atom. The van der Waals surface area contributed by atoms with Crippen LogP contribution >= 0.6 is 11.6 Å². The molecule has 0 aliphatic heterocycles. The van der Waals surface area contributed by atoms with E-state index in [1.165, 1.54) is 14.2 Å². The lowest BCUT2D eigenvalue weighted by molar-refractivity contribution is 0.102. The highest BCUT2D eigenvalue weighted by Crippen LogP contribution is 2.23. The second-order valence-electron chi connectivity index (χ2n) is 5.61. The summed E-state index contributed by atoms with van der Waals surface area (Å²) < 4.78 is 12.1. The van der Waals surface area contributed by atoms with E-state index in [1.54, 1.807) is 41.1 Å². The van der Waals surface area contributed by atoms with Gasteiger partial charge >= 0.3 is 0 Å². The Labute approximate surface area is 156 Å². The van der Waals surface area contributed by atoms with Crippen LogP contribution in [0.2, 0.25) is 5.02 Å². The Bertz CT molecular complexity index is 913. The molecule has 1 N–H and O–H groups in total. The minimum atomic E-state index is -0.303. The summed E-state index contributed by atoms with van der Waals surface area (Å²) >= 11 is 5.92. The average Bonchev–Trinajstić information content (AvgIpc) is 3.01. The number of hydrogen-bond acceptors (Lipinski definition) is 4. The third-order valence-electron chi connectivity index (χ3n) is 3.81. The lowest BCUT2D eigenvalue weighted by atomic mass is 10.2. The molecule has 0 atom stereocenters. The molecule has 134 valence electrons. The standard InChI is InChI=1S/C19H18ClN3O3/c1-12-8-18(22-23(12)15-6-4-14(20)5-7-15)21-19(24)13-9-16(25-2)11-17(10-13)26-3/h4-11H,1-3H3,(H,21,22,24). The molecule has 6 nitrogen and oxygen atoms in total. The van der Waals surface area contributed by atoms with Crippen molar-refractivity contribution in [1.82, 2.24) is 9.78 Å². The van der Waals surface area contributed by atoms with Gasteiger partial charge in [-0.3, -0.25) is 4.79 Å². The fourth-order valence-corrected chi connectivity index (χ4v) is 2.63. The van der Waals surface area contributed by atoms with Crippen molar-refractivity contribution in [2.24, 2.45) is 0 Å². The van der Waals surface area contributed by atoms with E-state index in [2.05, 4.69) is 10.4 Å². The van der Waals surface area contributed by atoms with E-state index in [9.17, 15) is 4.79 Å². The number of benzene rings is 2. The molecule has 26 heavy (non-hydrogen) atoms. The SMILES string of the molecule is COc1cc(OC)cc(C(=O)Nc2cc(C)n(-c3ccc(Cl)cc3)n2)c1. The summed E-state index contributed by atoms with van der Waals surface area (Å²) in [7, 11) is 3.07. The number of nitrogens with zero attached hydrogens (tertiary/aromatic N) is 2. The number of carbonyl (C=O) groups is 1. The molecule has 2 aromatic carbocycles. The molecule has 3 rings (SSSR count). The first kappa shape index (κ1) is 17.8. The van der Waals surface area contributed by atoms with E-state index in [0.29, 0.717) is 27.9 Å². The molecule has 0 fully saturated rings. The van der Waals surface area contributed by atoms with Crippen molar-refractivity contribution in [2.45, 2.75) is 6.92 Å². The summed E-state index contributed by atoms with van der Waals surface area (Å²) in [6.45, 7) is 1.91. The summed E-state index contributed by atoms with van der Waals surface area (Å²) in [6.07, 6.45) is 0. The lowest BCUT2D eigenvalue weighted by Crippen LogP contribution is -2.13. The van der Waals surface area contributed by atoms with Crippen molar-refractivity contribution in [2.75, 3.05) is 19.5 Å². The molecule has 0 spiro atoms. The summed E-state index contributed by atoms with van der Waals surface area (Å²) in [6, 6.07) is 14.1. The fourth-order valence-electron chi connectivity index (χ4n) is 2.51. The number of aromatic nitrogens is 2. The van der Waals surface area contributed by atoms with E-state index in [1.807, 2.05) is 19.1 Å². The normalized spacial score (nSPS) is 10.5. The highest BCUT2D eigenvalue weighted by atomic mass is 35.5. The van der Waals surface area contributed by atoms with E-state index in [4.69, 9.17) is 21.1 Å². The number of methoxy groups -OCH3 is 2. The van der Waals surface area contributed by atoms with Crippen LogP contribution in [0.5, 0.6) is 11.5 Å². The number of anilines is 1. The maximum Gasteiger partial charge on any atom is 0.257 e. The van der Waals surface area contributed by atoms with Crippen molar-refractivity contribution in [3.8, 4) is 17.2 Å². The van der Waals surface area contributed by atoms with Crippen LogP contribution in [-0.2, 0) is 0 Å². The molecule has 7 heteroatoms. The van der Waals surface area contributed by atoms with Crippen LogP contribution in [0.1, 0.15) is 16.1 Å². The third kappa shape index (κ3) is 3.81. The van der Waals surface area contributed by atoms with Gasteiger partial charge in [0, 0.05) is 28.4 Å². The fraction of sp³-hybridized carbons (Fsp3) is 0.158. The zero-order valence-corrected chi connectivity index (χ0v) is 15.4. The van der Waals surface area contributed by atoms with Crippen LogP contribution in [0.15, 0.2) is 48.5 Å². The maximum atomic E-state index is 12.6. The summed E-state index contributed by atoms with van der Waals surface area (Å²) in [5.41, 5.74) is 2.15. The van der Waals surface area contributed by atoms with Crippen molar-refractivity contribution in [1.29, 1.82) is 0 Å². The van der Waals surface area contributed by atoms with Crippen LogP contribution in [0, 0.1) is 6.92 Å². The highest BCUT2D eigenvalue weighted by molar-refractivity contribution is 6.30. The highest BCUT2D eigenvalue weighted by Gasteiger charge is 2.13. The second kappa shape index (κ2) is 7.49. The van der Waals surface area contributed by atoms with Gasteiger partial charge in [0.15, 0.2) is 5.82 Å². The minimum Gasteiger partial charge on any atom is -0.497 e.